The number of amides is 1. The average molecular weight is 523 g/mol. The molecule has 0 saturated carbocycles. The Bertz CT molecular complexity index is 1220. The molecule has 0 radical (unpaired) electrons. The predicted octanol–water partition coefficient (Wildman–Crippen LogP) is 6.35. The number of hydrogen-bond donors (Lipinski definition) is 1. The Morgan fingerprint density at radius 3 is 2.47 bits per heavy atom. The molecule has 0 bridgehead atoms. The molecule has 34 heavy (non-hydrogen) atoms. The minimum Gasteiger partial charge on any atom is -0.490 e. The van der Waals surface area contributed by atoms with Crippen molar-refractivity contribution in [3.63, 3.8) is 0 Å². The van der Waals surface area contributed by atoms with Crippen LogP contribution in [-0.2, 0) is 11.4 Å². The third kappa shape index (κ3) is 6.46. The van der Waals surface area contributed by atoms with Gasteiger partial charge in [0.1, 0.15) is 24.1 Å². The number of hydrogen-bond acceptors (Lipinski definition) is 4. The Hall–Kier alpha value is -3.63. The van der Waals surface area contributed by atoms with Gasteiger partial charge < -0.3 is 14.8 Å². The lowest BCUT2D eigenvalue weighted by Gasteiger charge is -2.15. The molecular formula is C27H24BrFN2O3. The van der Waals surface area contributed by atoms with Crippen LogP contribution in [0, 0.1) is 17.1 Å². The molecule has 0 aliphatic rings. The topological polar surface area (TPSA) is 71.3 Å². The standard InChI is InChI=1S/C27H24BrFN2O3/c1-3-33-25-14-21(23(28)15-26(25)34-17-20-11-7-8-12-24(20)29)13-22(16-30)27(32)31-18(2)19-9-5-4-6-10-19/h4-15,18H,3,17H2,1-2H3,(H,31,32)/b22-13-/t18-/m1/s1. The summed E-state index contributed by atoms with van der Waals surface area (Å²) in [5.41, 5.74) is 1.87. The van der Waals surface area contributed by atoms with Gasteiger partial charge in [-0.15, -0.1) is 0 Å². The Labute approximate surface area is 207 Å². The molecule has 1 atom stereocenters. The van der Waals surface area contributed by atoms with Crippen molar-refractivity contribution in [2.45, 2.75) is 26.5 Å². The SMILES string of the molecule is CCOc1cc(/C=C(/C#N)C(=O)N[C@H](C)c2ccccc2)c(Br)cc1OCc1ccccc1F. The van der Waals surface area contributed by atoms with E-state index < -0.39 is 5.91 Å². The van der Waals surface area contributed by atoms with E-state index in [0.717, 1.165) is 5.56 Å². The zero-order valence-electron chi connectivity index (χ0n) is 18.8. The Balaban J connectivity index is 1.83. The van der Waals surface area contributed by atoms with E-state index in [-0.39, 0.29) is 24.0 Å². The van der Waals surface area contributed by atoms with E-state index in [9.17, 15) is 14.4 Å². The van der Waals surface area contributed by atoms with Crippen LogP contribution in [0.1, 0.15) is 36.6 Å². The molecule has 0 aliphatic carbocycles. The van der Waals surface area contributed by atoms with Gasteiger partial charge in [-0.05, 0) is 49.2 Å². The first-order valence-electron chi connectivity index (χ1n) is 10.7. The van der Waals surface area contributed by atoms with E-state index in [4.69, 9.17) is 9.47 Å². The fourth-order valence-corrected chi connectivity index (χ4v) is 3.65. The van der Waals surface area contributed by atoms with E-state index in [0.29, 0.717) is 33.7 Å². The number of nitrogens with zero attached hydrogens (tertiary/aromatic N) is 1. The molecule has 0 spiro atoms. The minimum atomic E-state index is -0.483. The number of rotatable bonds is 9. The van der Waals surface area contributed by atoms with E-state index >= 15 is 0 Å². The molecule has 1 N–H and O–H groups in total. The van der Waals surface area contributed by atoms with Gasteiger partial charge >= 0.3 is 0 Å². The molecule has 1 amide bonds. The van der Waals surface area contributed by atoms with E-state index in [1.807, 2.05) is 50.2 Å². The second kappa shape index (κ2) is 12.0. The molecule has 174 valence electrons. The van der Waals surface area contributed by atoms with Crippen molar-refractivity contribution in [3.8, 4) is 17.6 Å². The van der Waals surface area contributed by atoms with Crippen LogP contribution < -0.4 is 14.8 Å². The maximum absolute atomic E-state index is 13.9. The van der Waals surface area contributed by atoms with E-state index in [1.54, 1.807) is 30.3 Å². The van der Waals surface area contributed by atoms with Gasteiger partial charge in [0.15, 0.2) is 11.5 Å². The van der Waals surface area contributed by atoms with Gasteiger partial charge in [0.2, 0.25) is 0 Å². The summed E-state index contributed by atoms with van der Waals surface area (Å²) in [4.78, 5) is 12.7. The number of carbonyl (C=O) groups is 1. The summed E-state index contributed by atoms with van der Waals surface area (Å²) in [6.45, 7) is 4.09. The van der Waals surface area contributed by atoms with Gasteiger partial charge in [-0.1, -0.05) is 64.5 Å². The lowest BCUT2D eigenvalue weighted by atomic mass is 10.1. The van der Waals surface area contributed by atoms with Crippen LogP contribution in [0.4, 0.5) is 4.39 Å². The molecule has 3 rings (SSSR count). The molecule has 3 aromatic carbocycles. The van der Waals surface area contributed by atoms with Crippen LogP contribution in [-0.4, -0.2) is 12.5 Å². The van der Waals surface area contributed by atoms with Crippen LogP contribution in [0.2, 0.25) is 0 Å². The summed E-state index contributed by atoms with van der Waals surface area (Å²) >= 11 is 3.47. The number of ether oxygens (including phenoxy) is 2. The quantitative estimate of drug-likeness (QED) is 0.262. The zero-order chi connectivity index (χ0) is 24.5. The lowest BCUT2D eigenvalue weighted by molar-refractivity contribution is -0.117. The number of nitrogens with one attached hydrogen (secondary N) is 1. The monoisotopic (exact) mass is 522 g/mol. The Kier molecular flexibility index (Phi) is 8.83. The maximum Gasteiger partial charge on any atom is 0.262 e. The van der Waals surface area contributed by atoms with Gasteiger partial charge in [-0.25, -0.2) is 4.39 Å². The van der Waals surface area contributed by atoms with Crippen molar-refractivity contribution in [3.05, 3.63) is 99.3 Å². The molecule has 0 unspecified atom stereocenters. The number of benzene rings is 3. The highest BCUT2D eigenvalue weighted by atomic mass is 79.9. The van der Waals surface area contributed by atoms with E-state index in [2.05, 4.69) is 21.2 Å². The average Bonchev–Trinajstić information content (AvgIpc) is 2.84. The van der Waals surface area contributed by atoms with Crippen LogP contribution >= 0.6 is 15.9 Å². The van der Waals surface area contributed by atoms with Gasteiger partial charge in [0, 0.05) is 10.0 Å². The van der Waals surface area contributed by atoms with Crippen molar-refractivity contribution >= 4 is 27.9 Å². The zero-order valence-corrected chi connectivity index (χ0v) is 20.4. The highest BCUT2D eigenvalue weighted by molar-refractivity contribution is 9.10. The largest absolute Gasteiger partial charge is 0.490 e. The van der Waals surface area contributed by atoms with Gasteiger partial charge in [0.05, 0.1) is 12.6 Å². The van der Waals surface area contributed by atoms with Crippen molar-refractivity contribution in [1.82, 2.24) is 5.32 Å². The number of halogens is 2. The summed E-state index contributed by atoms with van der Waals surface area (Å²) < 4.78 is 26.0. The molecular weight excluding hydrogens is 499 g/mol. The first-order valence-corrected chi connectivity index (χ1v) is 11.5. The number of carbonyl (C=O) groups excluding carboxylic acids is 1. The predicted molar refractivity (Wildman–Crippen MR) is 133 cm³/mol. The van der Waals surface area contributed by atoms with Gasteiger partial charge in [0.25, 0.3) is 5.91 Å². The Morgan fingerprint density at radius 1 is 1.12 bits per heavy atom. The summed E-state index contributed by atoms with van der Waals surface area (Å²) in [5, 5.41) is 12.5. The molecule has 0 aliphatic heterocycles. The molecule has 5 nitrogen and oxygen atoms in total. The molecule has 0 aromatic heterocycles. The second-order valence-corrected chi connectivity index (χ2v) is 8.26. The first kappa shape index (κ1) is 25.0. The van der Waals surface area contributed by atoms with Gasteiger partial charge in [-0.3, -0.25) is 4.79 Å². The maximum atomic E-state index is 13.9. The first-order chi connectivity index (χ1) is 16.4. The van der Waals surface area contributed by atoms with Crippen LogP contribution in [0.3, 0.4) is 0 Å². The fourth-order valence-electron chi connectivity index (χ4n) is 3.22. The van der Waals surface area contributed by atoms with Crippen molar-refractivity contribution in [2.24, 2.45) is 0 Å². The van der Waals surface area contributed by atoms with Gasteiger partial charge in [-0.2, -0.15) is 5.26 Å². The van der Waals surface area contributed by atoms with Crippen LogP contribution in [0.5, 0.6) is 11.5 Å². The number of nitriles is 1. The Morgan fingerprint density at radius 2 is 1.79 bits per heavy atom. The molecule has 0 saturated heterocycles. The summed E-state index contributed by atoms with van der Waals surface area (Å²) in [7, 11) is 0. The van der Waals surface area contributed by atoms with Crippen LogP contribution in [0.25, 0.3) is 6.08 Å². The summed E-state index contributed by atoms with van der Waals surface area (Å²) in [6, 6.07) is 20.9. The van der Waals surface area contributed by atoms with Crippen molar-refractivity contribution in [2.75, 3.05) is 6.61 Å². The second-order valence-electron chi connectivity index (χ2n) is 7.41. The smallest absolute Gasteiger partial charge is 0.262 e. The van der Waals surface area contributed by atoms with E-state index in [1.165, 1.54) is 12.1 Å². The third-order valence-corrected chi connectivity index (χ3v) is 5.70. The molecule has 0 heterocycles. The molecule has 7 heteroatoms. The third-order valence-electron chi connectivity index (χ3n) is 5.02. The molecule has 0 fully saturated rings. The minimum absolute atomic E-state index is 0.0254. The van der Waals surface area contributed by atoms with Crippen LogP contribution in [0.15, 0.2) is 76.8 Å². The van der Waals surface area contributed by atoms with Crippen molar-refractivity contribution in [1.29, 1.82) is 5.26 Å². The highest BCUT2D eigenvalue weighted by Crippen LogP contribution is 2.35. The summed E-state index contributed by atoms with van der Waals surface area (Å²) in [5.74, 6) is -0.00416. The summed E-state index contributed by atoms with van der Waals surface area (Å²) in [6.07, 6.45) is 1.49. The lowest BCUT2D eigenvalue weighted by Crippen LogP contribution is -2.27. The molecule has 3 aromatic rings. The fraction of sp³-hybridized carbons (Fsp3) is 0.185. The van der Waals surface area contributed by atoms with Crippen molar-refractivity contribution < 1.29 is 18.7 Å². The normalized spacial score (nSPS) is 11.9. The highest BCUT2D eigenvalue weighted by Gasteiger charge is 2.16.